The number of aromatic nitrogens is 1. The van der Waals surface area contributed by atoms with Gasteiger partial charge in [-0.15, -0.1) is 0 Å². The van der Waals surface area contributed by atoms with Crippen LogP contribution in [0.25, 0.3) is 0 Å². The number of ether oxygens (including phenoxy) is 1. The molecule has 1 aromatic heterocycles. The first-order chi connectivity index (χ1) is 19.4. The highest BCUT2D eigenvalue weighted by atomic mass is 16.5. The van der Waals surface area contributed by atoms with Gasteiger partial charge in [0.15, 0.2) is 0 Å². The van der Waals surface area contributed by atoms with Crippen LogP contribution in [0, 0.1) is 6.92 Å². The van der Waals surface area contributed by atoms with Gasteiger partial charge >= 0.3 is 0 Å². The number of oxazole rings is 1. The Morgan fingerprint density at radius 3 is 2.42 bits per heavy atom. The minimum Gasteiger partial charge on any atom is -0.497 e. The van der Waals surface area contributed by atoms with Crippen LogP contribution in [0.1, 0.15) is 36.9 Å². The SMILES string of the molecule is COc1ccc(N2NC(c3nc(C)co3)C3=C2C(=O)N(c2ccc(N(C)C(=O)CN4CCCC4)cc2)CC3)cc1. The quantitative estimate of drug-likeness (QED) is 0.482. The maximum absolute atomic E-state index is 14.1. The third-order valence-corrected chi connectivity index (χ3v) is 7.88. The van der Waals surface area contributed by atoms with Gasteiger partial charge in [-0.3, -0.25) is 19.5 Å². The number of anilines is 3. The first kappa shape index (κ1) is 26.1. The van der Waals surface area contributed by atoms with Crippen molar-refractivity contribution in [2.24, 2.45) is 0 Å². The van der Waals surface area contributed by atoms with Crippen molar-refractivity contribution < 1.29 is 18.7 Å². The Bertz CT molecular complexity index is 1430. The Labute approximate surface area is 233 Å². The van der Waals surface area contributed by atoms with E-state index in [0.29, 0.717) is 31.1 Å². The maximum atomic E-state index is 14.1. The van der Waals surface area contributed by atoms with Crippen LogP contribution >= 0.6 is 0 Å². The smallest absolute Gasteiger partial charge is 0.276 e. The lowest BCUT2D eigenvalue weighted by atomic mass is 9.98. The fourth-order valence-electron chi connectivity index (χ4n) is 5.64. The van der Waals surface area contributed by atoms with Gasteiger partial charge in [0.1, 0.15) is 23.8 Å². The molecular weight excluding hydrogens is 508 g/mol. The van der Waals surface area contributed by atoms with Crippen LogP contribution in [0.3, 0.4) is 0 Å². The minimum absolute atomic E-state index is 0.0680. The number of amides is 2. The van der Waals surface area contributed by atoms with Gasteiger partial charge in [0.25, 0.3) is 5.91 Å². The van der Waals surface area contributed by atoms with Crippen LogP contribution in [-0.4, -0.2) is 62.0 Å². The van der Waals surface area contributed by atoms with Gasteiger partial charge < -0.3 is 19.0 Å². The standard InChI is InChI=1S/C30H34N6O4/c1-20-19-40-29(31-20)27-25-14-17-35(30(38)28(25)36(32-27)23-10-12-24(39-3)13-11-23)22-8-6-21(7-9-22)33(2)26(37)18-34-15-4-5-16-34/h6-13,19,27,32H,4-5,14-18H2,1-3H3. The van der Waals surface area contributed by atoms with Gasteiger partial charge in [-0.05, 0) is 93.4 Å². The van der Waals surface area contributed by atoms with Gasteiger partial charge in [0.2, 0.25) is 11.8 Å². The van der Waals surface area contributed by atoms with Crippen molar-refractivity contribution in [2.75, 3.05) is 55.1 Å². The lowest BCUT2D eigenvalue weighted by Crippen LogP contribution is -2.43. The zero-order valence-corrected chi connectivity index (χ0v) is 23.1. The molecule has 1 saturated heterocycles. The lowest BCUT2D eigenvalue weighted by molar-refractivity contribution is -0.119. The molecule has 40 heavy (non-hydrogen) atoms. The molecule has 2 aromatic carbocycles. The number of benzene rings is 2. The second-order valence-corrected chi connectivity index (χ2v) is 10.5. The lowest BCUT2D eigenvalue weighted by Gasteiger charge is -2.31. The molecule has 0 saturated carbocycles. The van der Waals surface area contributed by atoms with E-state index >= 15 is 0 Å². The predicted octanol–water partition coefficient (Wildman–Crippen LogP) is 3.81. The zero-order valence-electron chi connectivity index (χ0n) is 23.1. The van der Waals surface area contributed by atoms with Crippen molar-refractivity contribution in [2.45, 2.75) is 32.2 Å². The summed E-state index contributed by atoms with van der Waals surface area (Å²) in [5, 5.41) is 1.83. The molecule has 208 valence electrons. The van der Waals surface area contributed by atoms with Crippen LogP contribution in [-0.2, 0) is 9.59 Å². The molecule has 2 amide bonds. The van der Waals surface area contributed by atoms with Crippen molar-refractivity contribution in [3.8, 4) is 5.75 Å². The summed E-state index contributed by atoms with van der Waals surface area (Å²) in [5.41, 5.74) is 8.15. The summed E-state index contributed by atoms with van der Waals surface area (Å²) < 4.78 is 11.1. The van der Waals surface area contributed by atoms with Gasteiger partial charge in [-0.25, -0.2) is 10.4 Å². The molecule has 3 aliphatic heterocycles. The van der Waals surface area contributed by atoms with Crippen molar-refractivity contribution >= 4 is 28.9 Å². The second kappa shape index (κ2) is 10.8. The molecule has 1 unspecified atom stereocenters. The number of carbonyl (C=O) groups excluding carboxylic acids is 2. The van der Waals surface area contributed by atoms with Crippen molar-refractivity contribution in [3.63, 3.8) is 0 Å². The number of hydrogen-bond donors (Lipinski definition) is 1. The highest BCUT2D eigenvalue weighted by Crippen LogP contribution is 2.41. The molecule has 3 aliphatic rings. The summed E-state index contributed by atoms with van der Waals surface area (Å²) in [6, 6.07) is 14.8. The van der Waals surface area contributed by atoms with Gasteiger partial charge in [0, 0.05) is 25.0 Å². The number of nitrogens with one attached hydrogen (secondary N) is 1. The van der Waals surface area contributed by atoms with E-state index in [1.807, 2.05) is 60.5 Å². The molecule has 10 heteroatoms. The minimum atomic E-state index is -0.338. The Morgan fingerprint density at radius 2 is 1.77 bits per heavy atom. The zero-order chi connectivity index (χ0) is 27.8. The summed E-state index contributed by atoms with van der Waals surface area (Å²) >= 11 is 0. The third-order valence-electron chi connectivity index (χ3n) is 7.88. The normalized spacial score (nSPS) is 19.4. The topological polar surface area (TPSA) is 94.4 Å². The number of rotatable bonds is 7. The monoisotopic (exact) mass is 542 g/mol. The van der Waals surface area contributed by atoms with Crippen LogP contribution < -0.4 is 25.0 Å². The molecular formula is C30H34N6O4. The Hall–Kier alpha value is -4.15. The van der Waals surface area contributed by atoms with E-state index in [1.54, 1.807) is 30.2 Å². The number of nitrogens with zero attached hydrogens (tertiary/aromatic N) is 5. The number of methoxy groups -OCH3 is 1. The number of hydrogen-bond acceptors (Lipinski definition) is 8. The Kier molecular flexibility index (Phi) is 7.03. The van der Waals surface area contributed by atoms with Gasteiger partial charge in [0.05, 0.1) is 25.0 Å². The molecule has 1 fully saturated rings. The van der Waals surface area contributed by atoms with E-state index in [2.05, 4.69) is 15.3 Å². The molecule has 6 rings (SSSR count). The van der Waals surface area contributed by atoms with E-state index in [0.717, 1.165) is 60.0 Å². The average molecular weight is 543 g/mol. The molecule has 3 aromatic rings. The summed E-state index contributed by atoms with van der Waals surface area (Å²) in [5.74, 6) is 1.23. The second-order valence-electron chi connectivity index (χ2n) is 10.5. The van der Waals surface area contributed by atoms with E-state index in [1.165, 1.54) is 0 Å². The van der Waals surface area contributed by atoms with Gasteiger partial charge in [-0.1, -0.05) is 0 Å². The predicted molar refractivity (Wildman–Crippen MR) is 152 cm³/mol. The maximum Gasteiger partial charge on any atom is 0.276 e. The van der Waals surface area contributed by atoms with Gasteiger partial charge in [-0.2, -0.15) is 0 Å². The van der Waals surface area contributed by atoms with E-state index in [4.69, 9.17) is 9.15 Å². The van der Waals surface area contributed by atoms with Crippen LogP contribution in [0.5, 0.6) is 5.75 Å². The number of likely N-dealkylation sites (tertiary alicyclic amines) is 1. The first-order valence-electron chi connectivity index (χ1n) is 13.7. The number of hydrazine groups is 1. The fourth-order valence-corrected chi connectivity index (χ4v) is 5.64. The molecule has 0 spiro atoms. The Morgan fingerprint density at radius 1 is 1.07 bits per heavy atom. The van der Waals surface area contributed by atoms with Crippen molar-refractivity contribution in [3.05, 3.63) is 77.6 Å². The summed E-state index contributed by atoms with van der Waals surface area (Å²) in [6.45, 7) is 4.79. The van der Waals surface area contributed by atoms with Crippen molar-refractivity contribution in [1.82, 2.24) is 15.3 Å². The molecule has 1 atom stereocenters. The van der Waals surface area contributed by atoms with E-state index in [-0.39, 0.29) is 17.9 Å². The van der Waals surface area contributed by atoms with E-state index < -0.39 is 0 Å². The van der Waals surface area contributed by atoms with Crippen LogP contribution in [0.2, 0.25) is 0 Å². The van der Waals surface area contributed by atoms with Crippen molar-refractivity contribution in [1.29, 1.82) is 0 Å². The summed E-state index contributed by atoms with van der Waals surface area (Å²) in [4.78, 5) is 37.1. The average Bonchev–Trinajstić information content (AvgIpc) is 3.73. The molecule has 0 aliphatic carbocycles. The van der Waals surface area contributed by atoms with E-state index in [9.17, 15) is 9.59 Å². The van der Waals surface area contributed by atoms with Crippen LogP contribution in [0.4, 0.5) is 17.1 Å². The number of likely N-dealkylation sites (N-methyl/N-ethyl adjacent to an activating group) is 1. The highest BCUT2D eigenvalue weighted by molar-refractivity contribution is 6.10. The molecule has 0 radical (unpaired) electrons. The number of carbonyl (C=O) groups is 2. The summed E-state index contributed by atoms with van der Waals surface area (Å²) in [7, 11) is 3.43. The first-order valence-corrected chi connectivity index (χ1v) is 13.7. The highest BCUT2D eigenvalue weighted by Gasteiger charge is 2.43. The molecule has 10 nitrogen and oxygen atoms in total. The number of aryl methyl sites for hydroxylation is 1. The molecule has 0 bridgehead atoms. The summed E-state index contributed by atoms with van der Waals surface area (Å²) in [6.07, 6.45) is 4.58. The van der Waals surface area contributed by atoms with Crippen LogP contribution in [0.15, 0.2) is 70.5 Å². The largest absolute Gasteiger partial charge is 0.497 e. The molecule has 4 heterocycles. The Balaban J connectivity index is 1.25. The molecule has 1 N–H and O–H groups in total. The fraction of sp³-hybridized carbons (Fsp3) is 0.367. The third kappa shape index (κ3) is 4.84.